The summed E-state index contributed by atoms with van der Waals surface area (Å²) in [5, 5.41) is 0. The molecule has 0 saturated carbocycles. The summed E-state index contributed by atoms with van der Waals surface area (Å²) >= 11 is 0. The van der Waals surface area contributed by atoms with Crippen molar-refractivity contribution in [3.63, 3.8) is 0 Å². The second kappa shape index (κ2) is 9.77. The highest BCUT2D eigenvalue weighted by Crippen LogP contribution is 2.21. The molecular formula is C25H24N4O2. The number of nitrogens with zero attached hydrogens (tertiary/aromatic N) is 4. The number of aromatic nitrogens is 2. The Labute approximate surface area is 182 Å². The lowest BCUT2D eigenvalue weighted by Gasteiger charge is -2.23. The first-order valence-corrected chi connectivity index (χ1v) is 10.3. The van der Waals surface area contributed by atoms with Crippen molar-refractivity contribution in [1.29, 1.82) is 0 Å². The van der Waals surface area contributed by atoms with Crippen LogP contribution >= 0.6 is 0 Å². The van der Waals surface area contributed by atoms with E-state index >= 15 is 0 Å². The van der Waals surface area contributed by atoms with E-state index in [-0.39, 0.29) is 5.91 Å². The summed E-state index contributed by atoms with van der Waals surface area (Å²) in [6.45, 7) is 3.00. The van der Waals surface area contributed by atoms with E-state index in [1.54, 1.807) is 37.7 Å². The molecule has 1 fully saturated rings. The minimum atomic E-state index is 0.00594. The van der Waals surface area contributed by atoms with Crippen LogP contribution in [-0.2, 0) is 0 Å². The van der Waals surface area contributed by atoms with Gasteiger partial charge in [0.1, 0.15) is 17.3 Å². The molecule has 1 saturated heterocycles. The highest BCUT2D eigenvalue weighted by molar-refractivity contribution is 5.95. The molecule has 0 unspecified atom stereocenters. The zero-order valence-corrected chi connectivity index (χ0v) is 17.5. The van der Waals surface area contributed by atoms with Gasteiger partial charge in [0.05, 0.1) is 12.7 Å². The lowest BCUT2D eigenvalue weighted by atomic mass is 10.1. The number of methoxy groups -OCH3 is 1. The van der Waals surface area contributed by atoms with Gasteiger partial charge in [0, 0.05) is 44.1 Å². The molecule has 31 heavy (non-hydrogen) atoms. The third-order valence-corrected chi connectivity index (χ3v) is 5.19. The molecule has 6 nitrogen and oxygen atoms in total. The van der Waals surface area contributed by atoms with Crippen molar-refractivity contribution in [2.75, 3.05) is 38.2 Å². The van der Waals surface area contributed by atoms with Crippen LogP contribution < -0.4 is 9.64 Å². The second-order valence-corrected chi connectivity index (χ2v) is 7.20. The van der Waals surface area contributed by atoms with Gasteiger partial charge in [-0.15, -0.1) is 0 Å². The number of pyridine rings is 2. The van der Waals surface area contributed by atoms with Crippen LogP contribution in [0.25, 0.3) is 0 Å². The number of carbonyl (C=O) groups is 1. The average Bonchev–Trinajstić information content (AvgIpc) is 3.10. The maximum Gasteiger partial charge on any atom is 0.253 e. The normalized spacial score (nSPS) is 13.7. The molecule has 1 aliphatic rings. The van der Waals surface area contributed by atoms with E-state index in [1.165, 1.54) is 0 Å². The van der Waals surface area contributed by atoms with E-state index in [2.05, 4.69) is 26.7 Å². The Morgan fingerprint density at radius 1 is 0.935 bits per heavy atom. The monoisotopic (exact) mass is 412 g/mol. The first kappa shape index (κ1) is 20.4. The van der Waals surface area contributed by atoms with E-state index < -0.39 is 0 Å². The van der Waals surface area contributed by atoms with Crippen LogP contribution in [0.2, 0.25) is 0 Å². The van der Waals surface area contributed by atoms with Gasteiger partial charge >= 0.3 is 0 Å². The smallest absolute Gasteiger partial charge is 0.253 e. The summed E-state index contributed by atoms with van der Waals surface area (Å²) in [5.41, 5.74) is 1.95. The van der Waals surface area contributed by atoms with Crippen molar-refractivity contribution in [3.8, 4) is 17.6 Å². The fourth-order valence-electron chi connectivity index (χ4n) is 3.58. The molecule has 1 amide bonds. The molecule has 3 aromatic rings. The number of rotatable bonds is 3. The standard InChI is InChI=1S/C25H24N4O2/c1-31-23-12-10-21(19-20(23)9-11-22-7-2-4-13-26-22)25(30)29-16-6-15-28(17-18-29)24-8-3-5-14-27-24/h2-5,7-8,10,12-14,19H,6,15-18H2,1H3. The molecule has 3 heterocycles. The topological polar surface area (TPSA) is 58.6 Å². The molecule has 6 heteroatoms. The molecule has 156 valence electrons. The van der Waals surface area contributed by atoms with Crippen molar-refractivity contribution in [2.45, 2.75) is 6.42 Å². The molecule has 2 aromatic heterocycles. The van der Waals surface area contributed by atoms with Crippen molar-refractivity contribution in [2.24, 2.45) is 0 Å². The average molecular weight is 412 g/mol. The summed E-state index contributed by atoms with van der Waals surface area (Å²) in [6, 6.07) is 16.9. The number of anilines is 1. The predicted molar refractivity (Wildman–Crippen MR) is 120 cm³/mol. The van der Waals surface area contributed by atoms with E-state index in [4.69, 9.17) is 4.74 Å². The Bertz CT molecular complexity index is 1090. The number of ether oxygens (including phenoxy) is 1. The van der Waals surface area contributed by atoms with E-state index in [1.807, 2.05) is 41.3 Å². The zero-order valence-electron chi connectivity index (χ0n) is 17.5. The molecular weight excluding hydrogens is 388 g/mol. The van der Waals surface area contributed by atoms with E-state index in [0.29, 0.717) is 35.7 Å². The highest BCUT2D eigenvalue weighted by Gasteiger charge is 2.21. The van der Waals surface area contributed by atoms with Crippen LogP contribution in [0.5, 0.6) is 5.75 Å². The molecule has 0 radical (unpaired) electrons. The third kappa shape index (κ3) is 5.01. The number of hydrogen-bond acceptors (Lipinski definition) is 5. The Morgan fingerprint density at radius 2 is 1.77 bits per heavy atom. The van der Waals surface area contributed by atoms with Crippen LogP contribution in [0.3, 0.4) is 0 Å². The molecule has 0 spiro atoms. The van der Waals surface area contributed by atoms with Crippen LogP contribution in [0.1, 0.15) is 28.0 Å². The minimum Gasteiger partial charge on any atom is -0.495 e. The van der Waals surface area contributed by atoms with Crippen molar-refractivity contribution < 1.29 is 9.53 Å². The minimum absolute atomic E-state index is 0.00594. The zero-order chi connectivity index (χ0) is 21.5. The Kier molecular flexibility index (Phi) is 6.44. The Morgan fingerprint density at radius 3 is 2.52 bits per heavy atom. The molecule has 0 atom stereocenters. The van der Waals surface area contributed by atoms with Gasteiger partial charge in [0.2, 0.25) is 0 Å². The van der Waals surface area contributed by atoms with Crippen LogP contribution in [-0.4, -0.2) is 54.1 Å². The highest BCUT2D eigenvalue weighted by atomic mass is 16.5. The summed E-state index contributed by atoms with van der Waals surface area (Å²) in [4.78, 5) is 26.0. The lowest BCUT2D eigenvalue weighted by Crippen LogP contribution is -2.35. The van der Waals surface area contributed by atoms with E-state index in [9.17, 15) is 4.79 Å². The fraction of sp³-hybridized carbons (Fsp3) is 0.240. The number of amides is 1. The van der Waals surface area contributed by atoms with Gasteiger partial charge in [0.15, 0.2) is 0 Å². The lowest BCUT2D eigenvalue weighted by molar-refractivity contribution is 0.0767. The molecule has 1 aromatic carbocycles. The SMILES string of the molecule is COc1ccc(C(=O)N2CCCN(c3ccccn3)CC2)cc1C#Cc1ccccn1. The molecule has 0 aliphatic carbocycles. The summed E-state index contributed by atoms with van der Waals surface area (Å²) in [6.07, 6.45) is 4.40. The fourth-order valence-corrected chi connectivity index (χ4v) is 3.58. The number of hydrogen-bond donors (Lipinski definition) is 0. The Balaban J connectivity index is 1.51. The van der Waals surface area contributed by atoms with E-state index in [0.717, 1.165) is 25.3 Å². The number of carbonyl (C=O) groups excluding carboxylic acids is 1. The van der Waals surface area contributed by atoms with Gasteiger partial charge in [-0.1, -0.05) is 18.1 Å². The third-order valence-electron chi connectivity index (χ3n) is 5.19. The van der Waals surface area contributed by atoms with Crippen molar-refractivity contribution in [1.82, 2.24) is 14.9 Å². The first-order chi connectivity index (χ1) is 15.2. The predicted octanol–water partition coefficient (Wildman–Crippen LogP) is 3.24. The van der Waals surface area contributed by atoms with Gasteiger partial charge < -0.3 is 14.5 Å². The van der Waals surface area contributed by atoms with Crippen LogP contribution in [0, 0.1) is 11.8 Å². The summed E-state index contributed by atoms with van der Waals surface area (Å²) in [5.74, 6) is 7.72. The summed E-state index contributed by atoms with van der Waals surface area (Å²) in [7, 11) is 1.60. The quantitative estimate of drug-likeness (QED) is 0.618. The largest absolute Gasteiger partial charge is 0.495 e. The van der Waals surface area contributed by atoms with Gasteiger partial charge in [0.25, 0.3) is 5.91 Å². The molecule has 0 bridgehead atoms. The van der Waals surface area contributed by atoms with Crippen molar-refractivity contribution >= 4 is 11.7 Å². The molecule has 4 rings (SSSR count). The van der Waals surface area contributed by atoms with Gasteiger partial charge in [-0.2, -0.15) is 0 Å². The summed E-state index contributed by atoms with van der Waals surface area (Å²) < 4.78 is 5.44. The number of benzene rings is 1. The molecule has 1 aliphatic heterocycles. The van der Waals surface area contributed by atoms with Gasteiger partial charge in [-0.3, -0.25) is 4.79 Å². The maximum atomic E-state index is 13.2. The van der Waals surface area contributed by atoms with Gasteiger partial charge in [-0.25, -0.2) is 9.97 Å². The van der Waals surface area contributed by atoms with Gasteiger partial charge in [-0.05, 0) is 54.8 Å². The molecule has 0 N–H and O–H groups in total. The van der Waals surface area contributed by atoms with Crippen LogP contribution in [0.15, 0.2) is 67.0 Å². The first-order valence-electron chi connectivity index (χ1n) is 10.3. The maximum absolute atomic E-state index is 13.2. The van der Waals surface area contributed by atoms with Crippen LogP contribution in [0.4, 0.5) is 5.82 Å². The Hall–Kier alpha value is -3.85. The van der Waals surface area contributed by atoms with Crippen molar-refractivity contribution in [3.05, 3.63) is 83.8 Å². The second-order valence-electron chi connectivity index (χ2n) is 7.20.